The lowest BCUT2D eigenvalue weighted by molar-refractivity contribution is -0.375. The van der Waals surface area contributed by atoms with Gasteiger partial charge in [-0.3, -0.25) is 38.3 Å². The molecule has 0 aromatic heterocycles. The van der Waals surface area contributed by atoms with Crippen LogP contribution in [-0.4, -0.2) is 123 Å². The Bertz CT molecular complexity index is 2340. The van der Waals surface area contributed by atoms with Crippen LogP contribution in [0.5, 0.6) is 5.75 Å². The van der Waals surface area contributed by atoms with E-state index < -0.39 is 122 Å². The van der Waals surface area contributed by atoms with E-state index in [0.717, 1.165) is 70.7 Å². The number of alkyl carbamates (subject to hydrolysis) is 1. The summed E-state index contributed by atoms with van der Waals surface area (Å²) in [5.74, 6) is -6.39. The van der Waals surface area contributed by atoms with Crippen molar-refractivity contribution in [1.29, 1.82) is 0 Å². The van der Waals surface area contributed by atoms with Gasteiger partial charge in [-0.2, -0.15) is 0 Å². The third kappa shape index (κ3) is 13.1. The fourth-order valence-corrected chi connectivity index (χ4v) is 8.24. The van der Waals surface area contributed by atoms with E-state index in [1.54, 1.807) is 19.1 Å². The van der Waals surface area contributed by atoms with E-state index in [1.165, 1.54) is 12.1 Å². The first-order valence-electron chi connectivity index (χ1n) is 21.8. The number of esters is 7. The molecule has 2 aliphatic heterocycles. The van der Waals surface area contributed by atoms with Crippen LogP contribution < -0.4 is 10.1 Å². The number of ether oxygens (including phenoxy) is 12. The van der Waals surface area contributed by atoms with Crippen LogP contribution in [0.3, 0.4) is 0 Å². The maximum Gasteiger partial charge on any atom is 0.407 e. The Morgan fingerprint density at radius 3 is 1.49 bits per heavy atom. The molecule has 370 valence electrons. The predicted octanol–water partition coefficient (Wildman–Crippen LogP) is 4.24. The molecular weight excluding hydrogens is 911 g/mol. The van der Waals surface area contributed by atoms with Crippen LogP contribution in [0.15, 0.2) is 72.8 Å². The number of rotatable bonds is 16. The summed E-state index contributed by atoms with van der Waals surface area (Å²) in [6.07, 6.45) is -17.9. The highest BCUT2D eigenvalue weighted by Gasteiger charge is 2.58. The monoisotopic (exact) mass is 963 g/mol. The topological polar surface area (TPSA) is 259 Å². The van der Waals surface area contributed by atoms with Crippen molar-refractivity contribution in [2.24, 2.45) is 0 Å². The van der Waals surface area contributed by atoms with Gasteiger partial charge < -0.3 is 57.4 Å². The molecule has 0 bridgehead atoms. The van der Waals surface area contributed by atoms with Crippen molar-refractivity contribution in [3.63, 3.8) is 0 Å². The van der Waals surface area contributed by atoms with Gasteiger partial charge in [0.15, 0.2) is 36.8 Å². The molecule has 2 saturated heterocycles. The number of carbonyl (C=O) groups excluding carboxylic acids is 8. The quantitative estimate of drug-likeness (QED) is 0.155. The van der Waals surface area contributed by atoms with Gasteiger partial charge in [0.1, 0.15) is 25.1 Å². The van der Waals surface area contributed by atoms with Crippen molar-refractivity contribution >= 4 is 47.9 Å². The first-order chi connectivity index (χ1) is 32.8. The molecule has 1 unspecified atom stereocenters. The summed E-state index contributed by atoms with van der Waals surface area (Å²) in [6.45, 7) is 8.51. The molecule has 3 aromatic carbocycles. The molecule has 0 spiro atoms. The summed E-state index contributed by atoms with van der Waals surface area (Å²) in [7, 11) is 0. The third-order valence-electron chi connectivity index (χ3n) is 10.9. The molecule has 2 heterocycles. The first kappa shape index (κ1) is 51.3. The number of carbonyl (C=O) groups is 8. The number of fused-ring (bicyclic) bond motifs is 3. The summed E-state index contributed by atoms with van der Waals surface area (Å²) in [5, 5.41) is 2.83. The standard InChI is InChI=1S/C48H53NO20/c1-23(49-48(57)59-21-37-35-15-11-9-13-33(35)34-14-10-12-16-36(34)37)31-17-19-32(20-18-31)66-46-44(41(62-27(5)53)43(64-29(7)55)45(69-46)65-30(8)56)68-47-42(63-28(6)54)40(61-26(4)52)39(60-25(3)51)38(67-47)22-58-24(2)50/h9-20,23,37-47H,21-22H2,1-8H3,(H,49,57)/t23-,38-,39+,40+,41+,42+,43-,44?,45+,46+,47-/m1/s1. The predicted molar refractivity (Wildman–Crippen MR) is 232 cm³/mol. The van der Waals surface area contributed by atoms with Crippen molar-refractivity contribution < 1.29 is 95.2 Å². The van der Waals surface area contributed by atoms with E-state index in [-0.39, 0.29) is 18.3 Å². The highest BCUT2D eigenvalue weighted by atomic mass is 16.8. The van der Waals surface area contributed by atoms with E-state index in [1.807, 2.05) is 48.5 Å². The number of hydrogen-bond donors (Lipinski definition) is 1. The Hall–Kier alpha value is -7.10. The van der Waals surface area contributed by atoms with Gasteiger partial charge in [0, 0.05) is 54.4 Å². The Kier molecular flexibility index (Phi) is 16.9. The minimum absolute atomic E-state index is 0.0707. The second-order valence-corrected chi connectivity index (χ2v) is 16.2. The normalized spacial score (nSPS) is 25.2. The summed E-state index contributed by atoms with van der Waals surface area (Å²) in [5.41, 5.74) is 4.90. The van der Waals surface area contributed by atoms with Gasteiger partial charge in [-0.15, -0.1) is 0 Å². The minimum atomic E-state index is -1.89. The van der Waals surface area contributed by atoms with E-state index in [4.69, 9.17) is 56.8 Å². The van der Waals surface area contributed by atoms with Gasteiger partial charge in [-0.05, 0) is 46.9 Å². The molecule has 1 amide bonds. The molecule has 1 N–H and O–H groups in total. The van der Waals surface area contributed by atoms with Crippen molar-refractivity contribution in [3.8, 4) is 16.9 Å². The van der Waals surface area contributed by atoms with Gasteiger partial charge in [0.2, 0.25) is 18.7 Å². The number of benzene rings is 3. The molecule has 0 radical (unpaired) electrons. The smallest absolute Gasteiger partial charge is 0.407 e. The fourth-order valence-electron chi connectivity index (χ4n) is 8.24. The summed E-state index contributed by atoms with van der Waals surface area (Å²) in [4.78, 5) is 100. The highest BCUT2D eigenvalue weighted by molar-refractivity contribution is 5.79. The average Bonchev–Trinajstić information content (AvgIpc) is 3.59. The zero-order valence-electron chi connectivity index (χ0n) is 38.9. The molecule has 69 heavy (non-hydrogen) atoms. The third-order valence-corrected chi connectivity index (χ3v) is 10.9. The second-order valence-electron chi connectivity index (χ2n) is 16.2. The maximum absolute atomic E-state index is 13.2. The van der Waals surface area contributed by atoms with Gasteiger partial charge in [0.05, 0.1) is 6.04 Å². The van der Waals surface area contributed by atoms with Crippen molar-refractivity contribution in [3.05, 3.63) is 89.5 Å². The molecule has 0 saturated carbocycles. The van der Waals surface area contributed by atoms with Crippen molar-refractivity contribution in [1.82, 2.24) is 5.32 Å². The SMILES string of the molecule is CC(=O)OC[C@H]1O[C@H](OC2[C@@H](Oc3ccc([C@@H](C)NC(=O)OCC4c5ccccc5-c5ccccc54)cc3)O[C@H](OC(C)=O)[C@H](OC(C)=O)[C@@H]2OC(C)=O)[C@@H](OC(C)=O)[C@@H](OC(C)=O)[C@H]1OC(C)=O. The molecule has 1 aliphatic carbocycles. The highest BCUT2D eigenvalue weighted by Crippen LogP contribution is 2.44. The minimum Gasteiger partial charge on any atom is -0.463 e. The lowest BCUT2D eigenvalue weighted by atomic mass is 9.97. The molecule has 6 rings (SSSR count). The summed E-state index contributed by atoms with van der Waals surface area (Å²) < 4.78 is 68.9. The van der Waals surface area contributed by atoms with E-state index in [2.05, 4.69) is 5.32 Å². The lowest BCUT2D eigenvalue weighted by Crippen LogP contribution is -2.67. The average molecular weight is 964 g/mol. The Labute approximate surface area is 396 Å². The van der Waals surface area contributed by atoms with Crippen LogP contribution >= 0.6 is 0 Å². The van der Waals surface area contributed by atoms with Crippen molar-refractivity contribution in [2.45, 2.75) is 129 Å². The zero-order valence-corrected chi connectivity index (χ0v) is 38.9. The second kappa shape index (κ2) is 22.8. The number of nitrogens with one attached hydrogen (secondary N) is 1. The van der Waals surface area contributed by atoms with Crippen LogP contribution in [0.4, 0.5) is 4.79 Å². The van der Waals surface area contributed by atoms with Crippen LogP contribution in [0, 0.1) is 0 Å². The Morgan fingerprint density at radius 1 is 0.493 bits per heavy atom. The Morgan fingerprint density at radius 2 is 0.971 bits per heavy atom. The molecule has 3 aliphatic rings. The summed E-state index contributed by atoms with van der Waals surface area (Å²) in [6, 6.07) is 21.6. The van der Waals surface area contributed by atoms with Crippen LogP contribution in [-0.2, 0) is 85.7 Å². The van der Waals surface area contributed by atoms with Gasteiger partial charge in [-0.1, -0.05) is 60.7 Å². The molecule has 21 heteroatoms. The molecule has 11 atom stereocenters. The molecule has 21 nitrogen and oxygen atoms in total. The molecule has 2 fully saturated rings. The largest absolute Gasteiger partial charge is 0.463 e. The van der Waals surface area contributed by atoms with Crippen LogP contribution in [0.25, 0.3) is 11.1 Å². The van der Waals surface area contributed by atoms with E-state index in [0.29, 0.717) is 5.56 Å². The number of hydrogen-bond acceptors (Lipinski definition) is 20. The van der Waals surface area contributed by atoms with Gasteiger partial charge >= 0.3 is 47.9 Å². The summed E-state index contributed by atoms with van der Waals surface area (Å²) >= 11 is 0. The van der Waals surface area contributed by atoms with Gasteiger partial charge in [-0.25, -0.2) is 4.79 Å². The molecular formula is C48H53NO20. The zero-order chi connectivity index (χ0) is 50.1. The maximum atomic E-state index is 13.2. The molecule has 3 aromatic rings. The van der Waals surface area contributed by atoms with Gasteiger partial charge in [0.25, 0.3) is 0 Å². The van der Waals surface area contributed by atoms with E-state index >= 15 is 0 Å². The Balaban J connectivity index is 1.28. The van der Waals surface area contributed by atoms with Crippen LogP contribution in [0.2, 0.25) is 0 Å². The fraction of sp³-hybridized carbons (Fsp3) is 0.458. The lowest BCUT2D eigenvalue weighted by Gasteiger charge is -2.48. The van der Waals surface area contributed by atoms with Crippen LogP contribution in [0.1, 0.15) is 84.0 Å². The number of amides is 1. The van der Waals surface area contributed by atoms with E-state index in [9.17, 15) is 38.4 Å². The van der Waals surface area contributed by atoms with Crippen molar-refractivity contribution in [2.75, 3.05) is 13.2 Å². The first-order valence-corrected chi connectivity index (χ1v) is 21.8.